The minimum Gasteiger partial charge on any atom is -0.496 e. The van der Waals surface area contributed by atoms with Crippen LogP contribution in [0.5, 0.6) is 5.75 Å². The van der Waals surface area contributed by atoms with Gasteiger partial charge < -0.3 is 9.64 Å². The monoisotopic (exact) mass is 370 g/mol. The summed E-state index contributed by atoms with van der Waals surface area (Å²) in [5, 5.41) is 0. The molecule has 1 amide bonds. The van der Waals surface area contributed by atoms with Gasteiger partial charge in [-0.05, 0) is 36.9 Å². The molecule has 0 unspecified atom stereocenters. The highest BCUT2D eigenvalue weighted by Gasteiger charge is 2.24. The highest BCUT2D eigenvalue weighted by atomic mass is 32.2. The molecule has 1 heterocycles. The number of piperazine rings is 1. The topological polar surface area (TPSA) is 32.8 Å². The van der Waals surface area contributed by atoms with Crippen molar-refractivity contribution in [3.8, 4) is 5.75 Å². The number of rotatable bonds is 5. The Morgan fingerprint density at radius 2 is 1.88 bits per heavy atom. The fraction of sp³-hybridized carbons (Fsp3) is 0.381. The number of ether oxygens (including phenoxy) is 1. The van der Waals surface area contributed by atoms with E-state index in [1.165, 1.54) is 11.1 Å². The van der Waals surface area contributed by atoms with Gasteiger partial charge in [-0.3, -0.25) is 9.69 Å². The molecule has 138 valence electrons. The Kier molecular flexibility index (Phi) is 6.22. The van der Waals surface area contributed by atoms with Gasteiger partial charge in [0.2, 0.25) is 0 Å². The predicted molar refractivity (Wildman–Crippen MR) is 107 cm³/mol. The average molecular weight is 371 g/mol. The SMILES string of the molecule is COc1cc(SC)ccc1C(=O)N1CCN(Cc2cccc(C)c2)CC1. The van der Waals surface area contributed by atoms with Crippen LogP contribution >= 0.6 is 11.8 Å². The summed E-state index contributed by atoms with van der Waals surface area (Å²) < 4.78 is 5.44. The molecule has 1 saturated heterocycles. The number of hydrogen-bond acceptors (Lipinski definition) is 4. The summed E-state index contributed by atoms with van der Waals surface area (Å²) in [4.78, 5) is 18.4. The second-order valence-electron chi connectivity index (χ2n) is 6.62. The highest BCUT2D eigenvalue weighted by Crippen LogP contribution is 2.26. The van der Waals surface area contributed by atoms with E-state index in [4.69, 9.17) is 4.74 Å². The number of benzene rings is 2. The Morgan fingerprint density at radius 1 is 1.12 bits per heavy atom. The number of nitrogens with zero attached hydrogens (tertiary/aromatic N) is 2. The van der Waals surface area contributed by atoms with Crippen LogP contribution in [0.4, 0.5) is 0 Å². The third kappa shape index (κ3) is 4.40. The van der Waals surface area contributed by atoms with E-state index in [-0.39, 0.29) is 5.91 Å². The van der Waals surface area contributed by atoms with Crippen molar-refractivity contribution in [1.29, 1.82) is 0 Å². The number of amides is 1. The maximum Gasteiger partial charge on any atom is 0.257 e. The van der Waals surface area contributed by atoms with E-state index in [0.717, 1.165) is 37.6 Å². The maximum absolute atomic E-state index is 12.9. The third-order valence-corrected chi connectivity index (χ3v) is 5.51. The normalized spacial score (nSPS) is 15.1. The second-order valence-corrected chi connectivity index (χ2v) is 7.50. The van der Waals surface area contributed by atoms with Crippen LogP contribution in [0.1, 0.15) is 21.5 Å². The van der Waals surface area contributed by atoms with Crippen molar-refractivity contribution >= 4 is 17.7 Å². The first kappa shape index (κ1) is 18.8. The lowest BCUT2D eigenvalue weighted by molar-refractivity contribution is 0.0625. The van der Waals surface area contributed by atoms with Gasteiger partial charge in [-0.25, -0.2) is 0 Å². The largest absolute Gasteiger partial charge is 0.496 e. The zero-order valence-electron chi connectivity index (χ0n) is 15.7. The van der Waals surface area contributed by atoms with Crippen LogP contribution in [0.3, 0.4) is 0 Å². The Hall–Kier alpha value is -1.98. The van der Waals surface area contributed by atoms with E-state index < -0.39 is 0 Å². The van der Waals surface area contributed by atoms with Crippen molar-refractivity contribution in [2.45, 2.75) is 18.4 Å². The van der Waals surface area contributed by atoms with Crippen molar-refractivity contribution in [1.82, 2.24) is 9.80 Å². The van der Waals surface area contributed by atoms with E-state index in [2.05, 4.69) is 36.1 Å². The van der Waals surface area contributed by atoms with Crippen molar-refractivity contribution in [2.75, 3.05) is 39.5 Å². The van der Waals surface area contributed by atoms with Gasteiger partial charge in [0.25, 0.3) is 5.91 Å². The summed E-state index contributed by atoms with van der Waals surface area (Å²) in [5.74, 6) is 0.716. The molecule has 0 aliphatic carbocycles. The Balaban J connectivity index is 1.62. The molecule has 1 fully saturated rings. The Bertz CT molecular complexity index is 770. The van der Waals surface area contributed by atoms with Crippen molar-refractivity contribution < 1.29 is 9.53 Å². The van der Waals surface area contributed by atoms with Crippen molar-refractivity contribution in [3.05, 3.63) is 59.2 Å². The van der Waals surface area contributed by atoms with Gasteiger partial charge >= 0.3 is 0 Å². The van der Waals surface area contributed by atoms with Gasteiger partial charge in [-0.15, -0.1) is 11.8 Å². The van der Waals surface area contributed by atoms with Crippen LogP contribution in [0.15, 0.2) is 47.4 Å². The summed E-state index contributed by atoms with van der Waals surface area (Å²) in [5.41, 5.74) is 3.27. The summed E-state index contributed by atoms with van der Waals surface area (Å²) >= 11 is 1.64. The Morgan fingerprint density at radius 3 is 2.54 bits per heavy atom. The van der Waals surface area contributed by atoms with E-state index in [9.17, 15) is 4.79 Å². The van der Waals surface area contributed by atoms with Crippen LogP contribution < -0.4 is 4.74 Å². The van der Waals surface area contributed by atoms with Gasteiger partial charge in [0.15, 0.2) is 0 Å². The molecule has 4 nitrogen and oxygen atoms in total. The first-order chi connectivity index (χ1) is 12.6. The lowest BCUT2D eigenvalue weighted by Gasteiger charge is -2.35. The maximum atomic E-state index is 12.9. The van der Waals surface area contributed by atoms with Crippen molar-refractivity contribution in [3.63, 3.8) is 0 Å². The molecule has 1 aliphatic heterocycles. The fourth-order valence-electron chi connectivity index (χ4n) is 3.32. The van der Waals surface area contributed by atoms with Crippen LogP contribution in [-0.2, 0) is 6.54 Å². The summed E-state index contributed by atoms with van der Waals surface area (Å²) in [6.07, 6.45) is 2.02. The molecule has 2 aromatic rings. The third-order valence-electron chi connectivity index (χ3n) is 4.79. The zero-order chi connectivity index (χ0) is 18.5. The number of thioether (sulfide) groups is 1. The molecule has 1 aliphatic rings. The highest BCUT2D eigenvalue weighted by molar-refractivity contribution is 7.98. The molecule has 0 aromatic heterocycles. The van der Waals surface area contributed by atoms with Crippen LogP contribution in [0.25, 0.3) is 0 Å². The minimum absolute atomic E-state index is 0.0599. The summed E-state index contributed by atoms with van der Waals surface area (Å²) in [7, 11) is 1.62. The molecule has 0 radical (unpaired) electrons. The average Bonchev–Trinajstić information content (AvgIpc) is 2.67. The molecule has 0 bridgehead atoms. The second kappa shape index (κ2) is 8.60. The van der Waals surface area contributed by atoms with Crippen LogP contribution in [0, 0.1) is 6.92 Å². The molecular formula is C21H26N2O2S. The molecule has 0 saturated carbocycles. The Labute approximate surface area is 160 Å². The van der Waals surface area contributed by atoms with Gasteiger partial charge in [0.05, 0.1) is 12.7 Å². The van der Waals surface area contributed by atoms with Crippen LogP contribution in [0.2, 0.25) is 0 Å². The number of hydrogen-bond donors (Lipinski definition) is 0. The van der Waals surface area contributed by atoms with Crippen LogP contribution in [-0.4, -0.2) is 55.3 Å². The molecule has 0 atom stereocenters. The van der Waals surface area contributed by atoms with E-state index in [1.54, 1.807) is 18.9 Å². The molecular weight excluding hydrogens is 344 g/mol. The molecule has 5 heteroatoms. The predicted octanol–water partition coefficient (Wildman–Crippen LogP) is 3.68. The van der Waals surface area contributed by atoms with Gasteiger partial charge in [-0.2, -0.15) is 0 Å². The summed E-state index contributed by atoms with van der Waals surface area (Å²) in [6, 6.07) is 14.4. The van der Waals surface area contributed by atoms with E-state index in [1.807, 2.05) is 29.4 Å². The fourth-order valence-corrected chi connectivity index (χ4v) is 3.75. The molecule has 0 spiro atoms. The number of carbonyl (C=O) groups is 1. The standard InChI is InChI=1S/C21H26N2O2S/c1-16-5-4-6-17(13-16)15-22-9-11-23(12-10-22)21(24)19-8-7-18(26-3)14-20(19)25-2/h4-8,13-14H,9-12,15H2,1-3H3. The first-order valence-corrected chi connectivity index (χ1v) is 10.1. The molecule has 2 aromatic carbocycles. The number of carbonyl (C=O) groups excluding carboxylic acids is 1. The van der Waals surface area contributed by atoms with Gasteiger partial charge in [0.1, 0.15) is 5.75 Å². The zero-order valence-corrected chi connectivity index (χ0v) is 16.5. The summed E-state index contributed by atoms with van der Waals surface area (Å²) in [6.45, 7) is 6.34. The first-order valence-electron chi connectivity index (χ1n) is 8.90. The van der Waals surface area contributed by atoms with Gasteiger partial charge in [-0.1, -0.05) is 29.8 Å². The van der Waals surface area contributed by atoms with Gasteiger partial charge in [0, 0.05) is 37.6 Å². The lowest BCUT2D eigenvalue weighted by atomic mass is 10.1. The quantitative estimate of drug-likeness (QED) is 0.752. The van der Waals surface area contributed by atoms with Crippen molar-refractivity contribution in [2.24, 2.45) is 0 Å². The molecule has 0 N–H and O–H groups in total. The molecule has 3 rings (SSSR count). The van der Waals surface area contributed by atoms with E-state index >= 15 is 0 Å². The number of methoxy groups -OCH3 is 1. The lowest BCUT2D eigenvalue weighted by Crippen LogP contribution is -2.48. The number of aryl methyl sites for hydroxylation is 1. The molecule has 26 heavy (non-hydrogen) atoms. The minimum atomic E-state index is 0.0599. The smallest absolute Gasteiger partial charge is 0.257 e. The van der Waals surface area contributed by atoms with E-state index in [0.29, 0.717) is 11.3 Å².